The zero-order valence-electron chi connectivity index (χ0n) is 11.3. The smallest absolute Gasteiger partial charge is 0.247 e. The summed E-state index contributed by atoms with van der Waals surface area (Å²) in [6.07, 6.45) is 12.8. The van der Waals surface area contributed by atoms with Crippen LogP contribution >= 0.6 is 0 Å². The lowest BCUT2D eigenvalue weighted by Crippen LogP contribution is -2.49. The van der Waals surface area contributed by atoms with E-state index in [1.807, 2.05) is 0 Å². The fourth-order valence-electron chi connectivity index (χ4n) is 4.15. The second-order valence-corrected chi connectivity index (χ2v) is 6.09. The zero-order chi connectivity index (χ0) is 11.7. The Morgan fingerprint density at radius 2 is 2.24 bits per heavy atom. The van der Waals surface area contributed by atoms with Crippen molar-refractivity contribution in [2.45, 2.75) is 76.8 Å². The van der Waals surface area contributed by atoms with Gasteiger partial charge < -0.3 is 0 Å². The van der Waals surface area contributed by atoms with E-state index in [1.54, 1.807) is 5.84 Å². The lowest BCUT2D eigenvalue weighted by atomic mass is 9.96. The average Bonchev–Trinajstić information content (AvgIpc) is 2.96. The zero-order valence-corrected chi connectivity index (χ0v) is 11.3. The van der Waals surface area contributed by atoms with E-state index < -0.39 is 0 Å². The number of amidine groups is 1. The highest BCUT2D eigenvalue weighted by Crippen LogP contribution is 2.31. The van der Waals surface area contributed by atoms with E-state index in [4.69, 9.17) is 0 Å². The number of unbranched alkanes of at least 4 members (excludes halogenated alkanes) is 2. The first-order valence-electron chi connectivity index (χ1n) is 7.79. The summed E-state index contributed by atoms with van der Waals surface area (Å²) >= 11 is 0. The van der Waals surface area contributed by atoms with Crippen LogP contribution in [0.15, 0.2) is 0 Å². The van der Waals surface area contributed by atoms with Crippen LogP contribution in [-0.4, -0.2) is 40.5 Å². The largest absolute Gasteiger partial charge is 0.263 e. The molecule has 0 amide bonds. The summed E-state index contributed by atoms with van der Waals surface area (Å²) in [5.41, 5.74) is 0. The van der Waals surface area contributed by atoms with Gasteiger partial charge >= 0.3 is 0 Å². The van der Waals surface area contributed by atoms with Crippen molar-refractivity contribution in [1.29, 1.82) is 0 Å². The molecule has 2 heteroatoms. The van der Waals surface area contributed by atoms with E-state index in [2.05, 4.69) is 16.4 Å². The first kappa shape index (κ1) is 11.6. The minimum atomic E-state index is 0.887. The molecule has 3 rings (SSSR count). The molecular formula is C15H27N2+. The van der Waals surface area contributed by atoms with Crippen molar-refractivity contribution in [3.8, 4) is 0 Å². The third-order valence-corrected chi connectivity index (χ3v) is 4.97. The van der Waals surface area contributed by atoms with Crippen LogP contribution in [0.2, 0.25) is 0 Å². The topological polar surface area (TPSA) is 6.25 Å². The highest BCUT2D eigenvalue weighted by Gasteiger charge is 2.44. The van der Waals surface area contributed by atoms with Crippen LogP contribution in [-0.2, 0) is 0 Å². The van der Waals surface area contributed by atoms with Crippen molar-refractivity contribution in [3.63, 3.8) is 0 Å². The standard InChI is InChI=1S/C15H27N2/c1-2-3-4-7-13-12-14-8-5-10-16(14)15-9-6-11-17(13)15/h13-14H,2-12H2,1H3/q+1/t13-,14+/m1/s1. The molecule has 3 heterocycles. The van der Waals surface area contributed by atoms with Crippen molar-refractivity contribution in [2.75, 3.05) is 13.1 Å². The average molecular weight is 235 g/mol. The molecule has 0 aliphatic carbocycles. The summed E-state index contributed by atoms with van der Waals surface area (Å²) in [6, 6.07) is 1.80. The summed E-state index contributed by atoms with van der Waals surface area (Å²) in [7, 11) is 0. The number of hydrogen-bond donors (Lipinski definition) is 0. The van der Waals surface area contributed by atoms with Crippen molar-refractivity contribution in [3.05, 3.63) is 0 Å². The van der Waals surface area contributed by atoms with Crippen molar-refractivity contribution in [2.24, 2.45) is 0 Å². The summed E-state index contributed by atoms with van der Waals surface area (Å²) in [5, 5.41) is 0. The Hall–Kier alpha value is -0.530. The van der Waals surface area contributed by atoms with Gasteiger partial charge in [0.1, 0.15) is 0 Å². The lowest BCUT2D eigenvalue weighted by molar-refractivity contribution is -0.557. The molecule has 2 saturated heterocycles. The third-order valence-electron chi connectivity index (χ3n) is 4.97. The van der Waals surface area contributed by atoms with Gasteiger partial charge in [-0.25, -0.2) is 0 Å². The van der Waals surface area contributed by atoms with Crippen LogP contribution in [0.3, 0.4) is 0 Å². The van der Waals surface area contributed by atoms with Gasteiger partial charge in [0.25, 0.3) is 0 Å². The van der Waals surface area contributed by atoms with Crippen LogP contribution in [0.5, 0.6) is 0 Å². The predicted octanol–water partition coefficient (Wildman–Crippen LogP) is 3.01. The van der Waals surface area contributed by atoms with E-state index >= 15 is 0 Å². The van der Waals surface area contributed by atoms with Crippen LogP contribution in [0.4, 0.5) is 0 Å². The van der Waals surface area contributed by atoms with Gasteiger partial charge in [-0.05, 0) is 32.1 Å². The Bertz CT molecular complexity index is 308. The Labute approximate surface area is 106 Å². The van der Waals surface area contributed by atoms with Gasteiger partial charge in [0, 0.05) is 6.42 Å². The highest BCUT2D eigenvalue weighted by atomic mass is 15.3. The molecular weight excluding hydrogens is 208 g/mol. The fraction of sp³-hybridized carbons (Fsp3) is 0.933. The van der Waals surface area contributed by atoms with Crippen molar-refractivity contribution < 1.29 is 4.58 Å². The number of rotatable bonds is 4. The van der Waals surface area contributed by atoms with Gasteiger partial charge in [-0.2, -0.15) is 0 Å². The van der Waals surface area contributed by atoms with E-state index in [1.165, 1.54) is 70.9 Å². The molecule has 17 heavy (non-hydrogen) atoms. The molecule has 0 unspecified atom stereocenters. The fourth-order valence-corrected chi connectivity index (χ4v) is 4.15. The van der Waals surface area contributed by atoms with E-state index in [-0.39, 0.29) is 0 Å². The van der Waals surface area contributed by atoms with Crippen molar-refractivity contribution in [1.82, 2.24) is 4.90 Å². The first-order valence-corrected chi connectivity index (χ1v) is 7.79. The van der Waals surface area contributed by atoms with Crippen LogP contribution in [0.1, 0.15) is 64.7 Å². The SMILES string of the molecule is CCCCC[C@@H]1C[C@@H]2CCC[N+]2=C2CCCN21. The van der Waals surface area contributed by atoms with E-state index in [9.17, 15) is 0 Å². The normalized spacial score (nSPS) is 31.9. The maximum Gasteiger partial charge on any atom is 0.247 e. The summed E-state index contributed by atoms with van der Waals surface area (Å²) in [4.78, 5) is 2.78. The molecule has 96 valence electrons. The molecule has 3 aliphatic rings. The van der Waals surface area contributed by atoms with Crippen molar-refractivity contribution >= 4 is 5.84 Å². The summed E-state index contributed by atoms with van der Waals surface area (Å²) < 4.78 is 2.75. The molecule has 0 spiro atoms. The number of fused-ring (bicyclic) bond motifs is 2. The molecule has 0 saturated carbocycles. The molecule has 2 atom stereocenters. The third kappa shape index (κ3) is 2.11. The van der Waals surface area contributed by atoms with E-state index in [0.29, 0.717) is 0 Å². The van der Waals surface area contributed by atoms with Gasteiger partial charge in [-0.15, -0.1) is 0 Å². The molecule has 0 radical (unpaired) electrons. The minimum Gasteiger partial charge on any atom is -0.263 e. The van der Waals surface area contributed by atoms with Gasteiger partial charge in [0.15, 0.2) is 0 Å². The second kappa shape index (κ2) is 4.99. The summed E-state index contributed by atoms with van der Waals surface area (Å²) in [5.74, 6) is 1.72. The molecule has 2 fully saturated rings. The van der Waals surface area contributed by atoms with Gasteiger partial charge in [0.05, 0.1) is 31.6 Å². The van der Waals surface area contributed by atoms with Gasteiger partial charge in [-0.1, -0.05) is 19.8 Å². The Kier molecular flexibility index (Phi) is 3.39. The number of nitrogens with zero attached hydrogens (tertiary/aromatic N) is 2. The van der Waals surface area contributed by atoms with Gasteiger partial charge in [0.2, 0.25) is 5.84 Å². The maximum absolute atomic E-state index is 2.78. The van der Waals surface area contributed by atoms with Crippen LogP contribution in [0.25, 0.3) is 0 Å². The quantitative estimate of drug-likeness (QED) is 0.536. The Balaban J connectivity index is 1.71. The highest BCUT2D eigenvalue weighted by molar-refractivity contribution is 5.80. The second-order valence-electron chi connectivity index (χ2n) is 6.09. The molecule has 0 N–H and O–H groups in total. The van der Waals surface area contributed by atoms with Gasteiger partial charge in [-0.3, -0.25) is 9.48 Å². The molecule has 0 bridgehead atoms. The lowest BCUT2D eigenvalue weighted by Gasteiger charge is -2.32. The van der Waals surface area contributed by atoms with E-state index in [0.717, 1.165) is 12.1 Å². The molecule has 2 nitrogen and oxygen atoms in total. The molecule has 3 aliphatic heterocycles. The molecule has 0 aromatic carbocycles. The predicted molar refractivity (Wildman–Crippen MR) is 71.6 cm³/mol. The summed E-state index contributed by atoms with van der Waals surface area (Å²) in [6.45, 7) is 5.00. The molecule has 0 aromatic rings. The maximum atomic E-state index is 2.78. The minimum absolute atomic E-state index is 0.887. The monoisotopic (exact) mass is 235 g/mol. The Morgan fingerprint density at radius 3 is 3.12 bits per heavy atom. The molecule has 0 aromatic heterocycles. The Morgan fingerprint density at radius 1 is 1.29 bits per heavy atom. The van der Waals surface area contributed by atoms with Crippen LogP contribution in [0, 0.1) is 0 Å². The van der Waals surface area contributed by atoms with Crippen LogP contribution < -0.4 is 0 Å². The number of hydrogen-bond acceptors (Lipinski definition) is 1. The first-order chi connectivity index (χ1) is 8.40.